The van der Waals surface area contributed by atoms with Crippen LogP contribution in [-0.4, -0.2) is 55.2 Å². The van der Waals surface area contributed by atoms with E-state index in [1.54, 1.807) is 0 Å². The van der Waals surface area contributed by atoms with Crippen molar-refractivity contribution in [3.63, 3.8) is 0 Å². The third-order valence-electron chi connectivity index (χ3n) is 5.09. The quantitative estimate of drug-likeness (QED) is 0.873. The molecule has 4 nitrogen and oxygen atoms in total. The lowest BCUT2D eigenvalue weighted by atomic mass is 9.80. The Morgan fingerprint density at radius 3 is 2.76 bits per heavy atom. The molecule has 0 aliphatic carbocycles. The summed E-state index contributed by atoms with van der Waals surface area (Å²) in [5.74, 6) is 1.86. The third kappa shape index (κ3) is 4.51. The second kappa shape index (κ2) is 7.73. The molecule has 2 aromatic rings. The molecule has 1 atom stereocenters. The topological polar surface area (TPSA) is 39.9 Å². The van der Waals surface area contributed by atoms with Crippen molar-refractivity contribution in [3.8, 4) is 11.3 Å². The summed E-state index contributed by atoms with van der Waals surface area (Å²) in [6, 6.07) is 12.6. The summed E-state index contributed by atoms with van der Waals surface area (Å²) >= 11 is 0. The highest BCUT2D eigenvalue weighted by atomic mass is 16.3. The molecule has 25 heavy (non-hydrogen) atoms. The minimum absolute atomic E-state index is 0.00250. The van der Waals surface area contributed by atoms with Crippen LogP contribution in [0.5, 0.6) is 0 Å². The van der Waals surface area contributed by atoms with E-state index >= 15 is 0 Å². The molecule has 3 rings (SSSR count). The van der Waals surface area contributed by atoms with Gasteiger partial charge in [-0.3, -0.25) is 4.90 Å². The molecular weight excluding hydrogens is 312 g/mol. The smallest absolute Gasteiger partial charge is 0.134 e. The fourth-order valence-corrected chi connectivity index (χ4v) is 4.09. The summed E-state index contributed by atoms with van der Waals surface area (Å²) in [5.41, 5.74) is 2.42. The standard InChI is InChI=1S/C21H30N2O2/c1-17-8-9-20(25-17)19-7-4-6-18(12-19)13-23-11-5-10-21(15-23,16-24)14-22(2)3/h4,6-9,12,24H,5,10-11,13-16H2,1-3H3/t21-/m0/s1. The Morgan fingerprint density at radius 2 is 2.08 bits per heavy atom. The fraction of sp³-hybridized carbons (Fsp3) is 0.524. The van der Waals surface area contributed by atoms with Crippen molar-refractivity contribution in [1.82, 2.24) is 9.80 Å². The molecule has 0 radical (unpaired) electrons. The maximum Gasteiger partial charge on any atom is 0.134 e. The summed E-state index contributed by atoms with van der Waals surface area (Å²) in [6.07, 6.45) is 2.25. The van der Waals surface area contributed by atoms with E-state index in [-0.39, 0.29) is 12.0 Å². The molecular formula is C21H30N2O2. The van der Waals surface area contributed by atoms with Crippen molar-refractivity contribution in [2.45, 2.75) is 26.3 Å². The zero-order valence-electron chi connectivity index (χ0n) is 15.7. The molecule has 1 aromatic carbocycles. The largest absolute Gasteiger partial charge is 0.461 e. The van der Waals surface area contributed by atoms with Crippen LogP contribution >= 0.6 is 0 Å². The van der Waals surface area contributed by atoms with Gasteiger partial charge in [0.1, 0.15) is 11.5 Å². The number of hydrogen-bond donors (Lipinski definition) is 1. The minimum Gasteiger partial charge on any atom is -0.461 e. The summed E-state index contributed by atoms with van der Waals surface area (Å²) in [5, 5.41) is 10.0. The number of aliphatic hydroxyl groups excluding tert-OH is 1. The second-order valence-electron chi connectivity index (χ2n) is 7.82. The van der Waals surface area contributed by atoms with Crippen LogP contribution in [0.2, 0.25) is 0 Å². The monoisotopic (exact) mass is 342 g/mol. The fourth-order valence-electron chi connectivity index (χ4n) is 4.09. The van der Waals surface area contributed by atoms with Gasteiger partial charge in [0.05, 0.1) is 6.61 Å². The SMILES string of the molecule is Cc1ccc(-c2cccc(CN3CCC[C@](CO)(CN(C)C)C3)c2)o1. The zero-order chi connectivity index (χ0) is 17.9. The number of aryl methyl sites for hydroxylation is 1. The highest BCUT2D eigenvalue weighted by Gasteiger charge is 2.35. The molecule has 0 saturated carbocycles. The molecule has 2 heterocycles. The Morgan fingerprint density at radius 1 is 1.24 bits per heavy atom. The van der Waals surface area contributed by atoms with E-state index in [9.17, 15) is 5.11 Å². The number of rotatable bonds is 6. The molecule has 1 N–H and O–H groups in total. The van der Waals surface area contributed by atoms with Crippen molar-refractivity contribution in [3.05, 3.63) is 47.7 Å². The van der Waals surface area contributed by atoms with Crippen molar-refractivity contribution >= 4 is 0 Å². The van der Waals surface area contributed by atoms with Gasteiger partial charge >= 0.3 is 0 Å². The molecule has 1 aromatic heterocycles. The lowest BCUT2D eigenvalue weighted by molar-refractivity contribution is 0.0105. The number of likely N-dealkylation sites (tertiary alicyclic amines) is 1. The van der Waals surface area contributed by atoms with E-state index in [2.05, 4.69) is 48.2 Å². The first-order chi connectivity index (χ1) is 12.0. The number of nitrogens with zero attached hydrogens (tertiary/aromatic N) is 2. The van der Waals surface area contributed by atoms with Crippen LogP contribution in [0.15, 0.2) is 40.8 Å². The second-order valence-corrected chi connectivity index (χ2v) is 7.82. The van der Waals surface area contributed by atoms with Gasteiger partial charge in [-0.15, -0.1) is 0 Å². The number of aliphatic hydroxyl groups is 1. The summed E-state index contributed by atoms with van der Waals surface area (Å²) < 4.78 is 5.76. The summed E-state index contributed by atoms with van der Waals surface area (Å²) in [6.45, 7) is 6.13. The molecule has 1 saturated heterocycles. The molecule has 1 aliphatic rings. The molecule has 0 amide bonds. The third-order valence-corrected chi connectivity index (χ3v) is 5.09. The Bertz CT molecular complexity index is 695. The molecule has 0 bridgehead atoms. The van der Waals surface area contributed by atoms with Gasteiger partial charge in [0, 0.05) is 30.6 Å². The molecule has 1 aliphatic heterocycles. The molecule has 0 unspecified atom stereocenters. The lowest BCUT2D eigenvalue weighted by Crippen LogP contribution is -2.49. The van der Waals surface area contributed by atoms with E-state index in [1.165, 1.54) is 5.56 Å². The van der Waals surface area contributed by atoms with Crippen LogP contribution in [0.25, 0.3) is 11.3 Å². The van der Waals surface area contributed by atoms with Crippen LogP contribution < -0.4 is 0 Å². The van der Waals surface area contributed by atoms with Crippen molar-refractivity contribution in [2.75, 3.05) is 40.3 Å². The number of furan rings is 1. The van der Waals surface area contributed by atoms with Gasteiger partial charge in [-0.2, -0.15) is 0 Å². The van der Waals surface area contributed by atoms with Crippen LogP contribution in [0, 0.1) is 12.3 Å². The molecule has 1 fully saturated rings. The maximum atomic E-state index is 10.0. The van der Waals surface area contributed by atoms with Crippen LogP contribution in [0.1, 0.15) is 24.2 Å². The van der Waals surface area contributed by atoms with Crippen LogP contribution in [0.4, 0.5) is 0 Å². The molecule has 4 heteroatoms. The van der Waals surface area contributed by atoms with Gasteiger partial charge in [-0.25, -0.2) is 0 Å². The maximum absolute atomic E-state index is 10.0. The van der Waals surface area contributed by atoms with Gasteiger partial charge in [0.2, 0.25) is 0 Å². The van der Waals surface area contributed by atoms with E-state index in [1.807, 2.05) is 19.1 Å². The number of benzene rings is 1. The average Bonchev–Trinajstić information content (AvgIpc) is 3.01. The van der Waals surface area contributed by atoms with E-state index < -0.39 is 0 Å². The van der Waals surface area contributed by atoms with E-state index in [0.717, 1.165) is 56.1 Å². The Balaban J connectivity index is 1.71. The number of hydrogen-bond acceptors (Lipinski definition) is 4. The highest BCUT2D eigenvalue weighted by Crippen LogP contribution is 2.31. The normalized spacial score (nSPS) is 21.8. The van der Waals surface area contributed by atoms with Crippen molar-refractivity contribution < 1.29 is 9.52 Å². The Hall–Kier alpha value is -1.62. The zero-order valence-corrected chi connectivity index (χ0v) is 15.7. The van der Waals surface area contributed by atoms with Crippen LogP contribution in [0.3, 0.4) is 0 Å². The first kappa shape index (κ1) is 18.2. The van der Waals surface area contributed by atoms with E-state index in [0.29, 0.717) is 0 Å². The number of piperidine rings is 1. The van der Waals surface area contributed by atoms with E-state index in [4.69, 9.17) is 4.42 Å². The first-order valence-electron chi connectivity index (χ1n) is 9.13. The van der Waals surface area contributed by atoms with Gasteiger partial charge in [-0.05, 0) is 64.2 Å². The molecule has 136 valence electrons. The van der Waals surface area contributed by atoms with Crippen LogP contribution in [-0.2, 0) is 6.54 Å². The predicted octanol–water partition coefficient (Wildman–Crippen LogP) is 3.39. The first-order valence-corrected chi connectivity index (χ1v) is 9.13. The van der Waals surface area contributed by atoms with Gasteiger partial charge < -0.3 is 14.4 Å². The predicted molar refractivity (Wildman–Crippen MR) is 101 cm³/mol. The molecule has 0 spiro atoms. The summed E-state index contributed by atoms with van der Waals surface area (Å²) in [4.78, 5) is 4.68. The average molecular weight is 342 g/mol. The highest BCUT2D eigenvalue weighted by molar-refractivity contribution is 5.58. The summed E-state index contributed by atoms with van der Waals surface area (Å²) in [7, 11) is 4.18. The lowest BCUT2D eigenvalue weighted by Gasteiger charge is -2.43. The van der Waals surface area contributed by atoms with Crippen molar-refractivity contribution in [1.29, 1.82) is 0 Å². The Labute approximate surface area is 151 Å². The van der Waals surface area contributed by atoms with Gasteiger partial charge in [0.25, 0.3) is 0 Å². The van der Waals surface area contributed by atoms with Crippen molar-refractivity contribution in [2.24, 2.45) is 5.41 Å². The Kier molecular flexibility index (Phi) is 5.62. The minimum atomic E-state index is -0.00250. The van der Waals surface area contributed by atoms with Gasteiger partial charge in [0.15, 0.2) is 0 Å². The van der Waals surface area contributed by atoms with Gasteiger partial charge in [-0.1, -0.05) is 18.2 Å².